The summed E-state index contributed by atoms with van der Waals surface area (Å²) in [5.74, 6) is -2.74. The SMILES string of the molecule is Cc1cccc(Cl)c1NC(=O)c1ccc2nc(NC(=O)C3CC3C(=O)O)sc2c1. The zero-order chi connectivity index (χ0) is 20.7. The van der Waals surface area contributed by atoms with E-state index < -0.39 is 17.8 Å². The number of rotatable bonds is 5. The predicted octanol–water partition coefficient (Wildman–Crippen LogP) is 4.17. The van der Waals surface area contributed by atoms with Crippen molar-refractivity contribution in [1.82, 2.24) is 4.98 Å². The maximum atomic E-state index is 12.6. The first-order valence-corrected chi connectivity index (χ1v) is 10.0. The minimum Gasteiger partial charge on any atom is -0.481 e. The van der Waals surface area contributed by atoms with Crippen molar-refractivity contribution in [2.45, 2.75) is 13.3 Å². The van der Waals surface area contributed by atoms with Crippen molar-refractivity contribution in [3.63, 3.8) is 0 Å². The second kappa shape index (κ2) is 7.46. The number of carboxylic acids is 1. The molecule has 2 amide bonds. The molecule has 4 rings (SSSR count). The third kappa shape index (κ3) is 3.94. The molecule has 0 spiro atoms. The summed E-state index contributed by atoms with van der Waals surface area (Å²) in [6.07, 6.45) is 0.345. The van der Waals surface area contributed by atoms with Crippen LogP contribution < -0.4 is 10.6 Å². The molecule has 1 saturated carbocycles. The Balaban J connectivity index is 1.50. The summed E-state index contributed by atoms with van der Waals surface area (Å²) in [5.41, 5.74) is 2.50. The first-order chi connectivity index (χ1) is 13.8. The van der Waals surface area contributed by atoms with Gasteiger partial charge in [-0.1, -0.05) is 35.1 Å². The number of carbonyl (C=O) groups excluding carboxylic acids is 2. The molecular weight excluding hydrogens is 414 g/mol. The number of anilines is 2. The van der Waals surface area contributed by atoms with Gasteiger partial charge in [-0.3, -0.25) is 14.4 Å². The van der Waals surface area contributed by atoms with E-state index in [0.29, 0.717) is 33.3 Å². The number of aromatic nitrogens is 1. The Morgan fingerprint density at radius 2 is 1.97 bits per heavy atom. The Kier molecular flexibility index (Phi) is 4.97. The molecule has 148 valence electrons. The Morgan fingerprint density at radius 1 is 1.17 bits per heavy atom. The number of halogens is 1. The highest BCUT2D eigenvalue weighted by Gasteiger charge is 2.48. The molecule has 1 aromatic heterocycles. The molecule has 1 heterocycles. The van der Waals surface area contributed by atoms with Crippen LogP contribution in [0.25, 0.3) is 10.2 Å². The molecule has 1 fully saturated rings. The van der Waals surface area contributed by atoms with Crippen molar-refractivity contribution < 1.29 is 19.5 Å². The molecular formula is C20H16ClN3O4S. The number of fused-ring (bicyclic) bond motifs is 1. The quantitative estimate of drug-likeness (QED) is 0.564. The standard InChI is InChI=1S/C20H16ClN3O4S/c1-9-3-2-4-13(21)16(9)23-17(25)10-5-6-14-15(7-10)29-20(22-14)24-18(26)11-8-12(11)19(27)28/h2-7,11-12H,8H2,1H3,(H,23,25)(H,27,28)(H,22,24,26). The zero-order valence-corrected chi connectivity index (χ0v) is 16.8. The summed E-state index contributed by atoms with van der Waals surface area (Å²) < 4.78 is 0.731. The highest BCUT2D eigenvalue weighted by molar-refractivity contribution is 7.22. The van der Waals surface area contributed by atoms with Crippen LogP contribution in [-0.2, 0) is 9.59 Å². The van der Waals surface area contributed by atoms with Crippen molar-refractivity contribution >= 4 is 61.8 Å². The molecule has 3 N–H and O–H groups in total. The van der Waals surface area contributed by atoms with Crippen LogP contribution >= 0.6 is 22.9 Å². The maximum Gasteiger partial charge on any atom is 0.307 e. The van der Waals surface area contributed by atoms with Gasteiger partial charge < -0.3 is 15.7 Å². The van der Waals surface area contributed by atoms with E-state index in [1.54, 1.807) is 24.3 Å². The van der Waals surface area contributed by atoms with Crippen LogP contribution in [-0.4, -0.2) is 27.9 Å². The largest absolute Gasteiger partial charge is 0.481 e. The van der Waals surface area contributed by atoms with E-state index in [9.17, 15) is 14.4 Å². The fraction of sp³-hybridized carbons (Fsp3) is 0.200. The minimum atomic E-state index is -0.959. The number of hydrogen-bond acceptors (Lipinski definition) is 5. The lowest BCUT2D eigenvalue weighted by Crippen LogP contribution is -2.16. The summed E-state index contributed by atoms with van der Waals surface area (Å²) in [7, 11) is 0. The van der Waals surface area contributed by atoms with Gasteiger partial charge in [-0.05, 0) is 43.2 Å². The number of carboxylic acid groups (broad SMARTS) is 1. The lowest BCUT2D eigenvalue weighted by molar-refractivity contribution is -0.139. The topological polar surface area (TPSA) is 108 Å². The molecule has 0 bridgehead atoms. The van der Waals surface area contributed by atoms with Gasteiger partial charge in [0.25, 0.3) is 5.91 Å². The normalized spacial score (nSPS) is 17.7. The van der Waals surface area contributed by atoms with Gasteiger partial charge in [0, 0.05) is 5.56 Å². The first-order valence-electron chi connectivity index (χ1n) is 8.84. The van der Waals surface area contributed by atoms with Gasteiger partial charge in [-0.2, -0.15) is 0 Å². The summed E-state index contributed by atoms with van der Waals surface area (Å²) in [6.45, 7) is 1.86. The molecule has 3 aromatic rings. The zero-order valence-electron chi connectivity index (χ0n) is 15.2. The Hall–Kier alpha value is -2.97. The number of aryl methyl sites for hydroxylation is 1. The van der Waals surface area contributed by atoms with Crippen molar-refractivity contribution in [1.29, 1.82) is 0 Å². The number of benzene rings is 2. The smallest absolute Gasteiger partial charge is 0.307 e. The molecule has 2 aromatic carbocycles. The average Bonchev–Trinajstić information content (AvgIpc) is 3.39. The van der Waals surface area contributed by atoms with Crippen LogP contribution in [0.4, 0.5) is 10.8 Å². The first kappa shape index (κ1) is 19.4. The van der Waals surface area contributed by atoms with Crippen LogP contribution in [0, 0.1) is 18.8 Å². The van der Waals surface area contributed by atoms with E-state index in [0.717, 1.165) is 10.3 Å². The molecule has 0 radical (unpaired) electrons. The summed E-state index contributed by atoms with van der Waals surface area (Å²) in [5, 5.41) is 15.3. The van der Waals surface area contributed by atoms with Crippen molar-refractivity contribution in [2.24, 2.45) is 11.8 Å². The predicted molar refractivity (Wildman–Crippen MR) is 112 cm³/mol. The number of hydrogen-bond donors (Lipinski definition) is 3. The minimum absolute atomic E-state index is 0.302. The number of para-hydroxylation sites is 1. The number of nitrogens with one attached hydrogen (secondary N) is 2. The lowest BCUT2D eigenvalue weighted by Gasteiger charge is -2.10. The molecule has 9 heteroatoms. The number of aliphatic carboxylic acids is 1. The Bertz CT molecular complexity index is 1140. The monoisotopic (exact) mass is 429 g/mol. The molecule has 0 saturated heterocycles. The second-order valence-corrected chi connectivity index (χ2v) is 8.30. The van der Waals surface area contributed by atoms with E-state index in [-0.39, 0.29) is 11.8 Å². The highest BCUT2D eigenvalue weighted by atomic mass is 35.5. The molecule has 0 aliphatic heterocycles. The van der Waals surface area contributed by atoms with Crippen LogP contribution in [0.5, 0.6) is 0 Å². The van der Waals surface area contributed by atoms with Crippen LogP contribution in [0.15, 0.2) is 36.4 Å². The van der Waals surface area contributed by atoms with Gasteiger partial charge in [0.1, 0.15) is 0 Å². The maximum absolute atomic E-state index is 12.6. The Labute approximate surface area is 174 Å². The molecule has 7 nitrogen and oxygen atoms in total. The van der Waals surface area contributed by atoms with Gasteiger partial charge in [0.15, 0.2) is 5.13 Å². The van der Waals surface area contributed by atoms with E-state index in [2.05, 4.69) is 15.6 Å². The fourth-order valence-electron chi connectivity index (χ4n) is 3.05. The van der Waals surface area contributed by atoms with Crippen LogP contribution in [0.1, 0.15) is 22.3 Å². The number of nitrogens with zero attached hydrogens (tertiary/aromatic N) is 1. The molecule has 2 unspecified atom stereocenters. The summed E-state index contributed by atoms with van der Waals surface area (Å²) >= 11 is 7.40. The van der Waals surface area contributed by atoms with E-state index in [1.807, 2.05) is 19.1 Å². The van der Waals surface area contributed by atoms with Gasteiger partial charge in [-0.25, -0.2) is 4.98 Å². The second-order valence-electron chi connectivity index (χ2n) is 6.86. The van der Waals surface area contributed by atoms with E-state index >= 15 is 0 Å². The van der Waals surface area contributed by atoms with Crippen molar-refractivity contribution in [3.05, 3.63) is 52.5 Å². The Morgan fingerprint density at radius 3 is 2.66 bits per heavy atom. The number of carbonyl (C=O) groups is 3. The molecule has 1 aliphatic rings. The number of amides is 2. The highest BCUT2D eigenvalue weighted by Crippen LogP contribution is 2.40. The van der Waals surface area contributed by atoms with Crippen LogP contribution in [0.2, 0.25) is 5.02 Å². The van der Waals surface area contributed by atoms with Gasteiger partial charge >= 0.3 is 5.97 Å². The molecule has 2 atom stereocenters. The van der Waals surface area contributed by atoms with E-state index in [1.165, 1.54) is 11.3 Å². The summed E-state index contributed by atoms with van der Waals surface area (Å²) in [6, 6.07) is 10.4. The average molecular weight is 430 g/mol. The van der Waals surface area contributed by atoms with Gasteiger partial charge in [0.2, 0.25) is 5.91 Å². The third-order valence-corrected chi connectivity index (χ3v) is 6.03. The van der Waals surface area contributed by atoms with Gasteiger partial charge in [-0.15, -0.1) is 0 Å². The van der Waals surface area contributed by atoms with Crippen molar-refractivity contribution in [3.8, 4) is 0 Å². The van der Waals surface area contributed by atoms with Crippen LogP contribution in [0.3, 0.4) is 0 Å². The van der Waals surface area contributed by atoms with Gasteiger partial charge in [0.05, 0.1) is 32.8 Å². The molecule has 1 aliphatic carbocycles. The lowest BCUT2D eigenvalue weighted by atomic mass is 10.1. The van der Waals surface area contributed by atoms with Crippen molar-refractivity contribution in [2.75, 3.05) is 10.6 Å². The summed E-state index contributed by atoms with van der Waals surface area (Å²) in [4.78, 5) is 40.0. The third-order valence-electron chi connectivity index (χ3n) is 4.79. The number of thiazole rings is 1. The van der Waals surface area contributed by atoms with E-state index in [4.69, 9.17) is 16.7 Å². The molecule has 29 heavy (non-hydrogen) atoms. The fourth-order valence-corrected chi connectivity index (χ4v) is 4.23.